The van der Waals surface area contributed by atoms with Crippen molar-refractivity contribution in [3.05, 3.63) is 59.0 Å². The van der Waals surface area contributed by atoms with Crippen molar-refractivity contribution in [1.82, 2.24) is 5.32 Å². The fourth-order valence-electron chi connectivity index (χ4n) is 2.15. The maximum absolute atomic E-state index is 5.12. The summed E-state index contributed by atoms with van der Waals surface area (Å²) in [7, 11) is 2.01. The van der Waals surface area contributed by atoms with Crippen LogP contribution in [-0.2, 0) is 6.42 Å². The molecule has 0 radical (unpaired) electrons. The Balaban J connectivity index is 2.25. The normalized spacial score (nSPS) is 12.6. The van der Waals surface area contributed by atoms with Crippen molar-refractivity contribution in [2.45, 2.75) is 26.3 Å². The average Bonchev–Trinajstić information content (AvgIpc) is 2.82. The summed E-state index contributed by atoms with van der Waals surface area (Å²) >= 11 is 0. The Morgan fingerprint density at radius 3 is 2.71 bits per heavy atom. The molecule has 2 rings (SSSR count). The van der Waals surface area contributed by atoms with Gasteiger partial charge in [0.2, 0.25) is 0 Å². The standard InChI is InChI=1S/C15H19NO/c1-11-4-5-12(2)14(8-11)15(16-3)9-13-6-7-17-10-13/h4-8,10,15-16H,9H2,1-3H3. The van der Waals surface area contributed by atoms with E-state index in [4.69, 9.17) is 4.42 Å². The fraction of sp³-hybridized carbons (Fsp3) is 0.333. The van der Waals surface area contributed by atoms with Crippen LogP contribution in [0.4, 0.5) is 0 Å². The third-order valence-corrected chi connectivity index (χ3v) is 3.18. The van der Waals surface area contributed by atoms with Crippen molar-refractivity contribution in [2.75, 3.05) is 7.05 Å². The molecule has 0 aliphatic carbocycles. The lowest BCUT2D eigenvalue weighted by molar-refractivity contribution is 0.551. The zero-order chi connectivity index (χ0) is 12.3. The fourth-order valence-corrected chi connectivity index (χ4v) is 2.15. The smallest absolute Gasteiger partial charge is 0.0935 e. The summed E-state index contributed by atoms with van der Waals surface area (Å²) in [6, 6.07) is 8.97. The summed E-state index contributed by atoms with van der Waals surface area (Å²) in [6.45, 7) is 4.29. The molecule has 1 aromatic carbocycles. The average molecular weight is 229 g/mol. The third-order valence-electron chi connectivity index (χ3n) is 3.18. The monoisotopic (exact) mass is 229 g/mol. The van der Waals surface area contributed by atoms with Crippen molar-refractivity contribution in [2.24, 2.45) is 0 Å². The Hall–Kier alpha value is -1.54. The molecule has 0 aliphatic heterocycles. The number of hydrogen-bond donors (Lipinski definition) is 1. The minimum Gasteiger partial charge on any atom is -0.472 e. The first kappa shape index (κ1) is 11.9. The summed E-state index contributed by atoms with van der Waals surface area (Å²) in [5.41, 5.74) is 5.23. The molecule has 2 nitrogen and oxygen atoms in total. The van der Waals surface area contributed by atoms with Crippen molar-refractivity contribution in [3.8, 4) is 0 Å². The van der Waals surface area contributed by atoms with Crippen LogP contribution in [-0.4, -0.2) is 7.05 Å². The quantitative estimate of drug-likeness (QED) is 0.869. The second kappa shape index (κ2) is 5.19. The van der Waals surface area contributed by atoms with Crippen LogP contribution in [0.1, 0.15) is 28.3 Å². The Morgan fingerprint density at radius 1 is 1.24 bits per heavy atom. The number of nitrogens with one attached hydrogen (secondary N) is 1. The number of rotatable bonds is 4. The van der Waals surface area contributed by atoms with Crippen LogP contribution in [0.25, 0.3) is 0 Å². The SMILES string of the molecule is CNC(Cc1ccoc1)c1cc(C)ccc1C. The van der Waals surface area contributed by atoms with Crippen LogP contribution in [0.5, 0.6) is 0 Å². The van der Waals surface area contributed by atoms with Gasteiger partial charge in [-0.05, 0) is 50.1 Å². The van der Waals surface area contributed by atoms with Gasteiger partial charge in [0, 0.05) is 6.04 Å². The van der Waals surface area contributed by atoms with Crippen molar-refractivity contribution in [1.29, 1.82) is 0 Å². The van der Waals surface area contributed by atoms with Crippen LogP contribution in [0, 0.1) is 13.8 Å². The summed E-state index contributed by atoms with van der Waals surface area (Å²) in [6.07, 6.45) is 4.50. The zero-order valence-electron chi connectivity index (χ0n) is 10.7. The number of hydrogen-bond acceptors (Lipinski definition) is 2. The highest BCUT2D eigenvalue weighted by atomic mass is 16.3. The predicted molar refractivity (Wildman–Crippen MR) is 70.1 cm³/mol. The molecule has 0 saturated heterocycles. The molecule has 1 unspecified atom stereocenters. The van der Waals surface area contributed by atoms with Gasteiger partial charge >= 0.3 is 0 Å². The van der Waals surface area contributed by atoms with Crippen molar-refractivity contribution in [3.63, 3.8) is 0 Å². The Morgan fingerprint density at radius 2 is 2.06 bits per heavy atom. The largest absolute Gasteiger partial charge is 0.472 e. The minimum absolute atomic E-state index is 0.340. The molecule has 2 aromatic rings. The van der Waals surface area contributed by atoms with Gasteiger partial charge in [-0.2, -0.15) is 0 Å². The number of benzene rings is 1. The van der Waals surface area contributed by atoms with E-state index in [1.54, 1.807) is 6.26 Å². The lowest BCUT2D eigenvalue weighted by Crippen LogP contribution is -2.19. The van der Waals surface area contributed by atoms with Gasteiger partial charge in [0.1, 0.15) is 0 Å². The van der Waals surface area contributed by atoms with Crippen LogP contribution in [0.3, 0.4) is 0 Å². The minimum atomic E-state index is 0.340. The van der Waals surface area contributed by atoms with Gasteiger partial charge in [0.15, 0.2) is 0 Å². The molecular weight excluding hydrogens is 210 g/mol. The molecular formula is C15H19NO. The van der Waals surface area contributed by atoms with Crippen molar-refractivity contribution < 1.29 is 4.42 Å². The molecule has 0 amide bonds. The van der Waals surface area contributed by atoms with Crippen LogP contribution in [0.2, 0.25) is 0 Å². The van der Waals surface area contributed by atoms with E-state index in [1.165, 1.54) is 22.3 Å². The second-order valence-corrected chi connectivity index (χ2v) is 4.54. The van der Waals surface area contributed by atoms with E-state index in [-0.39, 0.29) is 0 Å². The summed E-state index contributed by atoms with van der Waals surface area (Å²) in [4.78, 5) is 0. The molecule has 1 heterocycles. The summed E-state index contributed by atoms with van der Waals surface area (Å²) < 4.78 is 5.12. The van der Waals surface area contributed by atoms with Gasteiger partial charge in [0.05, 0.1) is 12.5 Å². The first-order valence-corrected chi connectivity index (χ1v) is 5.96. The molecule has 90 valence electrons. The highest BCUT2D eigenvalue weighted by Gasteiger charge is 2.13. The Bertz CT molecular complexity index is 474. The molecule has 0 bridgehead atoms. The first-order valence-electron chi connectivity index (χ1n) is 5.96. The maximum Gasteiger partial charge on any atom is 0.0935 e. The van der Waals surface area contributed by atoms with E-state index < -0.39 is 0 Å². The number of furan rings is 1. The van der Waals surface area contributed by atoms with Gasteiger partial charge < -0.3 is 9.73 Å². The topological polar surface area (TPSA) is 25.2 Å². The Labute approximate surface area is 103 Å². The van der Waals surface area contributed by atoms with E-state index in [0.717, 1.165) is 6.42 Å². The molecule has 0 spiro atoms. The van der Waals surface area contributed by atoms with Crippen LogP contribution >= 0.6 is 0 Å². The van der Waals surface area contributed by atoms with Gasteiger partial charge in [-0.15, -0.1) is 0 Å². The molecule has 0 saturated carbocycles. The highest BCUT2D eigenvalue weighted by molar-refractivity contribution is 5.34. The highest BCUT2D eigenvalue weighted by Crippen LogP contribution is 2.22. The summed E-state index contributed by atoms with van der Waals surface area (Å²) in [5.74, 6) is 0. The number of likely N-dealkylation sites (N-methyl/N-ethyl adjacent to an activating group) is 1. The molecule has 1 aromatic heterocycles. The van der Waals surface area contributed by atoms with Gasteiger partial charge in [-0.25, -0.2) is 0 Å². The lowest BCUT2D eigenvalue weighted by Gasteiger charge is -2.18. The summed E-state index contributed by atoms with van der Waals surface area (Å²) in [5, 5.41) is 3.38. The molecule has 1 atom stereocenters. The second-order valence-electron chi connectivity index (χ2n) is 4.54. The van der Waals surface area contributed by atoms with Crippen LogP contribution < -0.4 is 5.32 Å². The maximum atomic E-state index is 5.12. The number of aryl methyl sites for hydroxylation is 2. The van der Waals surface area contributed by atoms with E-state index >= 15 is 0 Å². The van der Waals surface area contributed by atoms with E-state index in [2.05, 4.69) is 37.4 Å². The molecule has 0 aliphatic rings. The zero-order valence-corrected chi connectivity index (χ0v) is 10.7. The van der Waals surface area contributed by atoms with Gasteiger partial charge in [-0.1, -0.05) is 23.8 Å². The van der Waals surface area contributed by atoms with Crippen molar-refractivity contribution >= 4 is 0 Å². The van der Waals surface area contributed by atoms with E-state index in [0.29, 0.717) is 6.04 Å². The predicted octanol–water partition coefficient (Wildman–Crippen LogP) is 3.40. The molecule has 2 heteroatoms. The third kappa shape index (κ3) is 2.77. The molecule has 17 heavy (non-hydrogen) atoms. The van der Waals surface area contributed by atoms with Gasteiger partial charge in [0.25, 0.3) is 0 Å². The lowest BCUT2D eigenvalue weighted by atomic mass is 9.95. The first-order chi connectivity index (χ1) is 8.20. The molecule has 1 N–H and O–H groups in total. The van der Waals surface area contributed by atoms with Gasteiger partial charge in [-0.3, -0.25) is 0 Å². The van der Waals surface area contributed by atoms with E-state index in [9.17, 15) is 0 Å². The Kier molecular flexibility index (Phi) is 3.64. The van der Waals surface area contributed by atoms with Crippen LogP contribution in [0.15, 0.2) is 41.2 Å². The molecule has 0 fully saturated rings. The van der Waals surface area contributed by atoms with E-state index in [1.807, 2.05) is 19.4 Å².